The quantitative estimate of drug-likeness (QED) is 0.790. The number of nitrogens with zero attached hydrogens (tertiary/aromatic N) is 1. The molecule has 0 saturated heterocycles. The van der Waals surface area contributed by atoms with Gasteiger partial charge in [-0.1, -0.05) is 30.3 Å². The van der Waals surface area contributed by atoms with E-state index in [0.29, 0.717) is 0 Å². The molecule has 0 amide bonds. The molecule has 0 aliphatic heterocycles. The summed E-state index contributed by atoms with van der Waals surface area (Å²) >= 11 is 0. The number of halogens is 2. The van der Waals surface area contributed by atoms with E-state index in [1.54, 1.807) is 0 Å². The summed E-state index contributed by atoms with van der Waals surface area (Å²) in [7, 11) is -4.14. The topological polar surface area (TPSA) is 37.4 Å². The maximum absolute atomic E-state index is 14.1. The summed E-state index contributed by atoms with van der Waals surface area (Å²) < 4.78 is 54.9. The normalized spacial score (nSPS) is 16.3. The van der Waals surface area contributed by atoms with Gasteiger partial charge >= 0.3 is 0 Å². The van der Waals surface area contributed by atoms with Crippen LogP contribution in [0, 0.1) is 17.6 Å². The fourth-order valence-electron chi connectivity index (χ4n) is 2.83. The molecule has 0 radical (unpaired) electrons. The molecular formula is C18H19F2NO2S. The van der Waals surface area contributed by atoms with Gasteiger partial charge < -0.3 is 0 Å². The minimum atomic E-state index is -4.14. The van der Waals surface area contributed by atoms with Crippen LogP contribution in [0.4, 0.5) is 8.78 Å². The number of benzene rings is 2. The van der Waals surface area contributed by atoms with Crippen LogP contribution in [0.2, 0.25) is 0 Å². The Morgan fingerprint density at radius 3 is 2.42 bits per heavy atom. The lowest BCUT2D eigenvalue weighted by Gasteiger charge is -2.28. The van der Waals surface area contributed by atoms with Gasteiger partial charge in [0.1, 0.15) is 16.5 Å². The molecule has 1 fully saturated rings. The van der Waals surface area contributed by atoms with Gasteiger partial charge in [-0.2, -0.15) is 4.31 Å². The van der Waals surface area contributed by atoms with Gasteiger partial charge in [0, 0.05) is 12.6 Å². The molecule has 6 heteroatoms. The van der Waals surface area contributed by atoms with Crippen molar-refractivity contribution in [2.45, 2.75) is 37.2 Å². The molecule has 0 heterocycles. The fraction of sp³-hybridized carbons (Fsp3) is 0.333. The Kier molecular flexibility index (Phi) is 4.69. The van der Waals surface area contributed by atoms with Gasteiger partial charge in [0.05, 0.1) is 0 Å². The summed E-state index contributed by atoms with van der Waals surface area (Å²) in [6, 6.07) is 11.4. The number of rotatable bonds is 6. The Balaban J connectivity index is 2.01. The SMILES string of the molecule is CC(C1CC1)N(Cc1ccccc1)S(=O)(=O)c1cc(F)ccc1F. The van der Waals surface area contributed by atoms with Crippen LogP contribution in [0.25, 0.3) is 0 Å². The van der Waals surface area contributed by atoms with Crippen molar-refractivity contribution < 1.29 is 17.2 Å². The first kappa shape index (κ1) is 17.0. The summed E-state index contributed by atoms with van der Waals surface area (Å²) in [5, 5.41) is 0. The van der Waals surface area contributed by atoms with E-state index in [1.807, 2.05) is 37.3 Å². The Morgan fingerprint density at radius 2 is 1.79 bits per heavy atom. The average molecular weight is 351 g/mol. The van der Waals surface area contributed by atoms with Gasteiger partial charge in [0.25, 0.3) is 0 Å². The largest absolute Gasteiger partial charge is 0.246 e. The van der Waals surface area contributed by atoms with E-state index in [0.717, 1.165) is 36.6 Å². The Morgan fingerprint density at radius 1 is 1.12 bits per heavy atom. The highest BCUT2D eigenvalue weighted by Gasteiger charge is 2.39. The van der Waals surface area contributed by atoms with E-state index < -0.39 is 26.6 Å². The van der Waals surface area contributed by atoms with Gasteiger partial charge in [0.15, 0.2) is 0 Å². The van der Waals surface area contributed by atoms with Crippen molar-refractivity contribution in [2.75, 3.05) is 0 Å². The second kappa shape index (κ2) is 6.61. The van der Waals surface area contributed by atoms with Crippen LogP contribution in [0.15, 0.2) is 53.4 Å². The third kappa shape index (κ3) is 3.49. The monoisotopic (exact) mass is 351 g/mol. The molecule has 1 saturated carbocycles. The van der Waals surface area contributed by atoms with Crippen molar-refractivity contribution in [3.63, 3.8) is 0 Å². The number of hydrogen-bond donors (Lipinski definition) is 0. The van der Waals surface area contributed by atoms with Gasteiger partial charge in [-0.3, -0.25) is 0 Å². The lowest BCUT2D eigenvalue weighted by molar-refractivity contribution is 0.301. The van der Waals surface area contributed by atoms with Crippen molar-refractivity contribution in [1.82, 2.24) is 4.31 Å². The zero-order valence-corrected chi connectivity index (χ0v) is 14.1. The molecule has 0 spiro atoms. The average Bonchev–Trinajstić information content (AvgIpc) is 3.40. The van der Waals surface area contributed by atoms with E-state index in [9.17, 15) is 17.2 Å². The lowest BCUT2D eigenvalue weighted by atomic mass is 10.2. The lowest BCUT2D eigenvalue weighted by Crippen LogP contribution is -2.39. The van der Waals surface area contributed by atoms with Crippen LogP contribution >= 0.6 is 0 Å². The first-order valence-electron chi connectivity index (χ1n) is 7.90. The van der Waals surface area contributed by atoms with Gasteiger partial charge in [-0.25, -0.2) is 17.2 Å². The zero-order chi connectivity index (χ0) is 17.3. The molecule has 1 unspecified atom stereocenters. The molecule has 0 aromatic heterocycles. The smallest absolute Gasteiger partial charge is 0.207 e. The molecule has 3 nitrogen and oxygen atoms in total. The zero-order valence-electron chi connectivity index (χ0n) is 13.3. The second-order valence-corrected chi connectivity index (χ2v) is 8.05. The first-order chi connectivity index (χ1) is 11.4. The van der Waals surface area contributed by atoms with Crippen molar-refractivity contribution in [3.8, 4) is 0 Å². The van der Waals surface area contributed by atoms with E-state index in [1.165, 1.54) is 4.31 Å². The van der Waals surface area contributed by atoms with Crippen molar-refractivity contribution in [3.05, 3.63) is 65.7 Å². The molecule has 0 bridgehead atoms. The molecule has 2 aromatic rings. The maximum Gasteiger partial charge on any atom is 0.246 e. The van der Waals surface area contributed by atoms with Crippen LogP contribution in [0.5, 0.6) is 0 Å². The predicted octanol–water partition coefficient (Wildman–Crippen LogP) is 3.95. The summed E-state index contributed by atoms with van der Waals surface area (Å²) in [6.45, 7) is 1.96. The standard InChI is InChI=1S/C18H19F2NO2S/c1-13(15-7-8-15)21(12-14-5-3-2-4-6-14)24(22,23)18-11-16(19)9-10-17(18)20/h2-6,9-11,13,15H,7-8,12H2,1H3. The molecule has 1 atom stereocenters. The maximum atomic E-state index is 14.1. The molecule has 0 N–H and O–H groups in total. The highest BCUT2D eigenvalue weighted by atomic mass is 32.2. The third-order valence-corrected chi connectivity index (χ3v) is 6.37. The molecule has 1 aliphatic rings. The minimum Gasteiger partial charge on any atom is -0.207 e. The molecule has 128 valence electrons. The summed E-state index contributed by atoms with van der Waals surface area (Å²) in [4.78, 5) is -0.606. The van der Waals surface area contributed by atoms with Crippen LogP contribution < -0.4 is 0 Å². The highest BCUT2D eigenvalue weighted by molar-refractivity contribution is 7.89. The molecule has 3 rings (SSSR count). The molecule has 2 aromatic carbocycles. The van der Waals surface area contributed by atoms with Crippen LogP contribution in [0.3, 0.4) is 0 Å². The van der Waals surface area contributed by atoms with Crippen molar-refractivity contribution in [1.29, 1.82) is 0 Å². The van der Waals surface area contributed by atoms with E-state index >= 15 is 0 Å². The molecular weight excluding hydrogens is 332 g/mol. The van der Waals surface area contributed by atoms with Crippen molar-refractivity contribution in [2.24, 2.45) is 5.92 Å². The van der Waals surface area contributed by atoms with Crippen molar-refractivity contribution >= 4 is 10.0 Å². The predicted molar refractivity (Wildman–Crippen MR) is 87.7 cm³/mol. The third-order valence-electron chi connectivity index (χ3n) is 4.42. The summed E-state index contributed by atoms with van der Waals surface area (Å²) in [5.74, 6) is -1.44. The van der Waals surface area contributed by atoms with Gasteiger partial charge in [0.2, 0.25) is 10.0 Å². The molecule has 24 heavy (non-hydrogen) atoms. The van der Waals surface area contributed by atoms with Gasteiger partial charge in [-0.15, -0.1) is 0 Å². The Labute approximate surface area is 141 Å². The van der Waals surface area contributed by atoms with E-state index in [2.05, 4.69) is 0 Å². The first-order valence-corrected chi connectivity index (χ1v) is 9.34. The fourth-order valence-corrected chi connectivity index (χ4v) is 4.58. The van der Waals surface area contributed by atoms with Crippen LogP contribution in [-0.2, 0) is 16.6 Å². The summed E-state index contributed by atoms with van der Waals surface area (Å²) in [5.41, 5.74) is 0.811. The van der Waals surface area contributed by atoms with E-state index in [-0.39, 0.29) is 18.5 Å². The van der Waals surface area contributed by atoms with Gasteiger partial charge in [-0.05, 0) is 49.4 Å². The summed E-state index contributed by atoms with van der Waals surface area (Å²) in [6.07, 6.45) is 1.90. The Hall–Kier alpha value is -1.79. The van der Waals surface area contributed by atoms with Crippen LogP contribution in [-0.4, -0.2) is 18.8 Å². The highest BCUT2D eigenvalue weighted by Crippen LogP contribution is 2.38. The number of sulfonamides is 1. The molecule has 1 aliphatic carbocycles. The number of hydrogen-bond acceptors (Lipinski definition) is 2. The van der Waals surface area contributed by atoms with Crippen LogP contribution in [0.1, 0.15) is 25.3 Å². The minimum absolute atomic E-state index is 0.136. The second-order valence-electron chi connectivity index (χ2n) is 6.19. The van der Waals surface area contributed by atoms with E-state index in [4.69, 9.17) is 0 Å². The Bertz CT molecular complexity index is 820.